The van der Waals surface area contributed by atoms with Crippen LogP contribution >= 0.6 is 11.3 Å². The van der Waals surface area contributed by atoms with E-state index in [2.05, 4.69) is 66.5 Å². The molecular weight excluding hydrogens is 280 g/mol. The molecule has 1 unspecified atom stereocenters. The van der Waals surface area contributed by atoms with Gasteiger partial charge in [0.15, 0.2) is 0 Å². The van der Waals surface area contributed by atoms with Gasteiger partial charge >= 0.3 is 0 Å². The molecule has 1 N–H and O–H groups in total. The zero-order valence-corrected chi connectivity index (χ0v) is 14.8. The first-order chi connectivity index (χ1) is 9.36. The molecule has 0 saturated heterocycles. The second-order valence-electron chi connectivity index (χ2n) is 6.38. The Bertz CT molecular complexity index is 555. The second-order valence-corrected chi connectivity index (χ2v) is 12.3. The lowest BCUT2D eigenvalue weighted by Crippen LogP contribution is -2.37. The third-order valence-electron chi connectivity index (χ3n) is 3.44. The van der Waals surface area contributed by atoms with Gasteiger partial charge in [-0.3, -0.25) is 0 Å². The van der Waals surface area contributed by atoms with E-state index in [-0.39, 0.29) is 0 Å². The number of nitrogens with one attached hydrogen (secondary N) is 1. The van der Waals surface area contributed by atoms with Crippen LogP contribution in [0, 0.1) is 6.92 Å². The molecule has 1 aromatic carbocycles. The number of benzene rings is 1. The molecular formula is C16H24N2SSi. The van der Waals surface area contributed by atoms with Gasteiger partial charge in [-0.1, -0.05) is 49.1 Å². The van der Waals surface area contributed by atoms with Crippen LogP contribution in [-0.2, 0) is 6.54 Å². The molecule has 0 radical (unpaired) electrons. The number of rotatable bonds is 5. The lowest BCUT2D eigenvalue weighted by atomic mass is 10.2. The van der Waals surface area contributed by atoms with Crippen LogP contribution in [0.3, 0.4) is 0 Å². The first-order valence-corrected chi connectivity index (χ1v) is 11.5. The Labute approximate surface area is 127 Å². The van der Waals surface area contributed by atoms with E-state index in [0.717, 1.165) is 12.2 Å². The lowest BCUT2D eigenvalue weighted by Gasteiger charge is -2.17. The molecule has 4 heteroatoms. The monoisotopic (exact) mass is 304 g/mol. The molecule has 2 aromatic rings. The SMILES string of the molecule is Cc1csc(C(C)NCc2ccc([Si](C)(C)C)cc2)n1. The zero-order valence-electron chi connectivity index (χ0n) is 13.0. The van der Waals surface area contributed by atoms with E-state index >= 15 is 0 Å². The van der Waals surface area contributed by atoms with Gasteiger partial charge in [0.25, 0.3) is 0 Å². The summed E-state index contributed by atoms with van der Waals surface area (Å²) in [4.78, 5) is 4.53. The fourth-order valence-electron chi connectivity index (χ4n) is 2.05. The van der Waals surface area contributed by atoms with Crippen molar-refractivity contribution >= 4 is 24.6 Å². The van der Waals surface area contributed by atoms with Crippen LogP contribution in [0.4, 0.5) is 0 Å². The minimum atomic E-state index is -1.18. The van der Waals surface area contributed by atoms with Crippen molar-refractivity contribution in [3.05, 3.63) is 45.9 Å². The van der Waals surface area contributed by atoms with Crippen molar-refractivity contribution in [2.75, 3.05) is 0 Å². The minimum absolute atomic E-state index is 0.311. The van der Waals surface area contributed by atoms with Gasteiger partial charge in [-0.25, -0.2) is 4.98 Å². The number of nitrogens with zero attached hydrogens (tertiary/aromatic N) is 1. The standard InChI is InChI=1S/C16H24N2SSi/c1-12-11-19-16(18-12)13(2)17-10-14-6-8-15(9-7-14)20(3,4)5/h6-9,11,13,17H,10H2,1-5H3. The Kier molecular flexibility index (Phi) is 4.78. The summed E-state index contributed by atoms with van der Waals surface area (Å²) in [6.45, 7) is 12.3. The van der Waals surface area contributed by atoms with E-state index in [0.29, 0.717) is 6.04 Å². The molecule has 2 rings (SSSR count). The highest BCUT2D eigenvalue weighted by Gasteiger charge is 2.15. The summed E-state index contributed by atoms with van der Waals surface area (Å²) in [6, 6.07) is 9.40. The van der Waals surface area contributed by atoms with Gasteiger partial charge in [-0.15, -0.1) is 11.3 Å². The zero-order chi connectivity index (χ0) is 14.8. The first-order valence-electron chi connectivity index (χ1n) is 7.11. The first kappa shape index (κ1) is 15.4. The van der Waals surface area contributed by atoms with Crippen LogP contribution in [0.2, 0.25) is 19.6 Å². The maximum Gasteiger partial charge on any atom is 0.110 e. The van der Waals surface area contributed by atoms with E-state index in [1.165, 1.54) is 15.8 Å². The van der Waals surface area contributed by atoms with Crippen LogP contribution in [-0.4, -0.2) is 13.1 Å². The second kappa shape index (κ2) is 6.20. The largest absolute Gasteiger partial charge is 0.304 e. The third-order valence-corrected chi connectivity index (χ3v) is 6.65. The molecule has 0 amide bonds. The lowest BCUT2D eigenvalue weighted by molar-refractivity contribution is 0.571. The van der Waals surface area contributed by atoms with Crippen molar-refractivity contribution in [1.29, 1.82) is 0 Å². The van der Waals surface area contributed by atoms with Crippen molar-refractivity contribution in [2.45, 2.75) is 46.1 Å². The molecule has 0 bridgehead atoms. The van der Waals surface area contributed by atoms with Gasteiger partial charge in [-0.2, -0.15) is 0 Å². The molecule has 0 saturated carbocycles. The summed E-state index contributed by atoms with van der Waals surface area (Å²) >= 11 is 1.73. The van der Waals surface area contributed by atoms with Gasteiger partial charge in [0.05, 0.1) is 14.1 Å². The molecule has 0 aliphatic rings. The maximum absolute atomic E-state index is 4.53. The Morgan fingerprint density at radius 2 is 1.85 bits per heavy atom. The molecule has 0 aliphatic carbocycles. The van der Waals surface area contributed by atoms with Crippen LogP contribution in [0.1, 0.15) is 29.2 Å². The van der Waals surface area contributed by atoms with Gasteiger partial charge < -0.3 is 5.32 Å². The van der Waals surface area contributed by atoms with Gasteiger partial charge in [-0.05, 0) is 19.4 Å². The topological polar surface area (TPSA) is 24.9 Å². The molecule has 1 atom stereocenters. The number of aromatic nitrogens is 1. The molecule has 20 heavy (non-hydrogen) atoms. The van der Waals surface area contributed by atoms with Crippen LogP contribution in [0.5, 0.6) is 0 Å². The predicted octanol–water partition coefficient (Wildman–Crippen LogP) is 3.85. The smallest absolute Gasteiger partial charge is 0.110 e. The summed E-state index contributed by atoms with van der Waals surface area (Å²) in [6.07, 6.45) is 0. The normalized spacial score (nSPS) is 13.4. The fraction of sp³-hybridized carbons (Fsp3) is 0.438. The van der Waals surface area contributed by atoms with E-state index in [9.17, 15) is 0 Å². The number of aryl methyl sites for hydroxylation is 1. The van der Waals surface area contributed by atoms with E-state index in [1.54, 1.807) is 11.3 Å². The Morgan fingerprint density at radius 3 is 2.35 bits per heavy atom. The van der Waals surface area contributed by atoms with Crippen molar-refractivity contribution < 1.29 is 0 Å². The van der Waals surface area contributed by atoms with Gasteiger partial charge in [0.2, 0.25) is 0 Å². The Balaban J connectivity index is 1.94. The summed E-state index contributed by atoms with van der Waals surface area (Å²) < 4.78 is 0. The summed E-state index contributed by atoms with van der Waals surface area (Å²) in [7, 11) is -1.18. The highest BCUT2D eigenvalue weighted by molar-refractivity contribution is 7.09. The van der Waals surface area contributed by atoms with Crippen LogP contribution in [0.15, 0.2) is 29.6 Å². The Hall–Kier alpha value is -0.973. The predicted molar refractivity (Wildman–Crippen MR) is 91.5 cm³/mol. The highest BCUT2D eigenvalue weighted by atomic mass is 32.1. The van der Waals surface area contributed by atoms with Crippen LogP contribution < -0.4 is 10.5 Å². The molecule has 0 spiro atoms. The third kappa shape index (κ3) is 4.01. The number of hydrogen-bond donors (Lipinski definition) is 1. The molecule has 108 valence electrons. The highest BCUT2D eigenvalue weighted by Crippen LogP contribution is 2.17. The van der Waals surface area contributed by atoms with Crippen molar-refractivity contribution in [2.24, 2.45) is 0 Å². The van der Waals surface area contributed by atoms with Crippen molar-refractivity contribution in [3.63, 3.8) is 0 Å². The molecule has 0 fully saturated rings. The number of hydrogen-bond acceptors (Lipinski definition) is 3. The molecule has 2 nitrogen and oxygen atoms in total. The average Bonchev–Trinajstić information content (AvgIpc) is 2.82. The summed E-state index contributed by atoms with van der Waals surface area (Å²) in [5.74, 6) is 0. The van der Waals surface area contributed by atoms with E-state index in [4.69, 9.17) is 0 Å². The fourth-order valence-corrected chi connectivity index (χ4v) is 4.05. The molecule has 0 aliphatic heterocycles. The summed E-state index contributed by atoms with van der Waals surface area (Å²) in [5, 5.41) is 8.34. The molecule has 1 aromatic heterocycles. The minimum Gasteiger partial charge on any atom is -0.304 e. The van der Waals surface area contributed by atoms with Gasteiger partial charge in [0, 0.05) is 17.6 Å². The van der Waals surface area contributed by atoms with E-state index < -0.39 is 8.07 Å². The quantitative estimate of drug-likeness (QED) is 0.849. The van der Waals surface area contributed by atoms with Crippen LogP contribution in [0.25, 0.3) is 0 Å². The molecule has 1 heterocycles. The van der Waals surface area contributed by atoms with Gasteiger partial charge in [0.1, 0.15) is 5.01 Å². The van der Waals surface area contributed by atoms with Crippen molar-refractivity contribution in [3.8, 4) is 0 Å². The Morgan fingerprint density at radius 1 is 1.20 bits per heavy atom. The van der Waals surface area contributed by atoms with E-state index in [1.807, 2.05) is 6.92 Å². The van der Waals surface area contributed by atoms with Crippen molar-refractivity contribution in [1.82, 2.24) is 10.3 Å². The number of thiazole rings is 1. The summed E-state index contributed by atoms with van der Waals surface area (Å²) in [5.41, 5.74) is 2.45. The average molecular weight is 305 g/mol. The maximum atomic E-state index is 4.53.